The van der Waals surface area contributed by atoms with Crippen LogP contribution in [0.3, 0.4) is 0 Å². The first-order valence-electron chi connectivity index (χ1n) is 8.50. The van der Waals surface area contributed by atoms with Crippen molar-refractivity contribution in [1.29, 1.82) is 0 Å². The molecule has 1 amide bonds. The molecule has 0 aliphatic carbocycles. The van der Waals surface area contributed by atoms with Crippen LogP contribution in [0.2, 0.25) is 0 Å². The summed E-state index contributed by atoms with van der Waals surface area (Å²) in [4.78, 5) is 12.0. The topological polar surface area (TPSA) is 64.1 Å². The Kier molecular flexibility index (Phi) is 5.59. The molecule has 26 heavy (non-hydrogen) atoms. The van der Waals surface area contributed by atoms with Crippen LogP contribution >= 0.6 is 0 Å². The lowest BCUT2D eigenvalue weighted by Gasteiger charge is -2.08. The molecule has 0 bridgehead atoms. The number of rotatable bonds is 6. The van der Waals surface area contributed by atoms with Gasteiger partial charge in [-0.1, -0.05) is 47.5 Å². The van der Waals surface area contributed by atoms with Crippen LogP contribution in [0.15, 0.2) is 60.7 Å². The molecule has 3 aromatic rings. The van der Waals surface area contributed by atoms with Gasteiger partial charge >= 0.3 is 0 Å². The summed E-state index contributed by atoms with van der Waals surface area (Å²) < 4.78 is 5.54. The van der Waals surface area contributed by atoms with Gasteiger partial charge in [0.2, 0.25) is 5.88 Å². The van der Waals surface area contributed by atoms with Crippen molar-refractivity contribution in [2.24, 2.45) is 0 Å². The summed E-state index contributed by atoms with van der Waals surface area (Å²) in [6.45, 7) is 4.73. The predicted octanol–water partition coefficient (Wildman–Crippen LogP) is 3.57. The van der Waals surface area contributed by atoms with Crippen LogP contribution in [-0.4, -0.2) is 29.3 Å². The van der Waals surface area contributed by atoms with Crippen LogP contribution in [0.5, 0.6) is 5.88 Å². The Morgan fingerprint density at radius 3 is 2.46 bits per heavy atom. The number of hydrogen-bond donors (Lipinski definition) is 1. The van der Waals surface area contributed by atoms with Crippen molar-refractivity contribution in [3.8, 4) is 17.1 Å². The van der Waals surface area contributed by atoms with E-state index < -0.39 is 0 Å². The summed E-state index contributed by atoms with van der Waals surface area (Å²) in [7, 11) is 0. The molecule has 2 aromatic carbocycles. The number of carbonyl (C=O) groups excluding carboxylic acids is 1. The molecule has 0 unspecified atom stereocenters. The van der Waals surface area contributed by atoms with E-state index in [1.54, 1.807) is 12.1 Å². The van der Waals surface area contributed by atoms with Gasteiger partial charge in [-0.05, 0) is 32.0 Å². The van der Waals surface area contributed by atoms with E-state index in [9.17, 15) is 4.79 Å². The Labute approximate surface area is 153 Å². The molecule has 1 N–H and O–H groups in total. The van der Waals surface area contributed by atoms with Gasteiger partial charge in [-0.3, -0.25) is 4.79 Å². The van der Waals surface area contributed by atoms with Crippen molar-refractivity contribution in [2.75, 3.05) is 13.2 Å². The fourth-order valence-corrected chi connectivity index (χ4v) is 2.48. The molecule has 1 heterocycles. The first-order valence-corrected chi connectivity index (χ1v) is 8.50. The first kappa shape index (κ1) is 17.6. The molecule has 132 valence electrons. The molecule has 3 rings (SSSR count). The Balaban J connectivity index is 1.48. The van der Waals surface area contributed by atoms with Crippen LogP contribution in [0, 0.1) is 13.8 Å². The molecular weight excluding hydrogens is 326 g/mol. The van der Waals surface area contributed by atoms with E-state index >= 15 is 0 Å². The van der Waals surface area contributed by atoms with Crippen LogP contribution in [-0.2, 0) is 0 Å². The van der Waals surface area contributed by atoms with Gasteiger partial charge in [0, 0.05) is 17.2 Å². The third-order valence-electron chi connectivity index (χ3n) is 3.91. The van der Waals surface area contributed by atoms with Gasteiger partial charge in [-0.15, -0.1) is 10.2 Å². The Morgan fingerprint density at radius 1 is 0.962 bits per heavy atom. The molecule has 0 saturated carbocycles. The molecule has 5 nitrogen and oxygen atoms in total. The van der Waals surface area contributed by atoms with Crippen molar-refractivity contribution in [3.05, 3.63) is 77.4 Å². The minimum atomic E-state index is -0.113. The normalized spacial score (nSPS) is 10.4. The average molecular weight is 347 g/mol. The van der Waals surface area contributed by atoms with E-state index in [2.05, 4.69) is 15.5 Å². The van der Waals surface area contributed by atoms with Crippen molar-refractivity contribution < 1.29 is 9.53 Å². The smallest absolute Gasteiger partial charge is 0.251 e. The number of hydrogen-bond acceptors (Lipinski definition) is 4. The van der Waals surface area contributed by atoms with E-state index in [1.165, 1.54) is 5.56 Å². The molecule has 1 aromatic heterocycles. The Hall–Kier alpha value is -3.21. The predicted molar refractivity (Wildman–Crippen MR) is 101 cm³/mol. The maximum atomic E-state index is 12.0. The summed E-state index contributed by atoms with van der Waals surface area (Å²) in [5.74, 6) is 0.323. The van der Waals surface area contributed by atoms with Gasteiger partial charge in [0.1, 0.15) is 6.61 Å². The Bertz CT molecular complexity index is 875. The standard InChI is InChI=1S/C21H21N3O2/c1-15-6-8-17(9-7-15)19-10-11-20(24-23-19)26-13-12-22-21(25)18-5-3-4-16(2)14-18/h3-11,14H,12-13H2,1-2H3,(H,22,25). The highest BCUT2D eigenvalue weighted by atomic mass is 16.5. The van der Waals surface area contributed by atoms with Crippen LogP contribution < -0.4 is 10.1 Å². The van der Waals surface area contributed by atoms with Gasteiger partial charge in [0.15, 0.2) is 0 Å². The van der Waals surface area contributed by atoms with E-state index in [-0.39, 0.29) is 5.91 Å². The van der Waals surface area contributed by atoms with Crippen molar-refractivity contribution in [3.63, 3.8) is 0 Å². The van der Waals surface area contributed by atoms with E-state index in [0.717, 1.165) is 16.8 Å². The number of nitrogens with zero attached hydrogens (tertiary/aromatic N) is 2. The second kappa shape index (κ2) is 8.25. The molecule has 0 fully saturated rings. The lowest BCUT2D eigenvalue weighted by Crippen LogP contribution is -2.28. The van der Waals surface area contributed by atoms with Gasteiger partial charge < -0.3 is 10.1 Å². The molecule has 0 spiro atoms. The second-order valence-corrected chi connectivity index (χ2v) is 6.10. The molecule has 0 radical (unpaired) electrons. The molecule has 0 atom stereocenters. The number of carbonyl (C=O) groups is 1. The number of benzene rings is 2. The lowest BCUT2D eigenvalue weighted by molar-refractivity contribution is 0.0946. The maximum Gasteiger partial charge on any atom is 0.251 e. The van der Waals surface area contributed by atoms with Crippen molar-refractivity contribution in [1.82, 2.24) is 15.5 Å². The zero-order valence-corrected chi connectivity index (χ0v) is 14.9. The summed E-state index contributed by atoms with van der Waals surface area (Å²) >= 11 is 0. The van der Waals surface area contributed by atoms with Gasteiger partial charge in [-0.2, -0.15) is 0 Å². The zero-order chi connectivity index (χ0) is 18.4. The maximum absolute atomic E-state index is 12.0. The number of nitrogens with one attached hydrogen (secondary N) is 1. The molecule has 0 aliphatic heterocycles. The monoisotopic (exact) mass is 347 g/mol. The highest BCUT2D eigenvalue weighted by Crippen LogP contribution is 2.18. The van der Waals surface area contributed by atoms with Crippen LogP contribution in [0.1, 0.15) is 21.5 Å². The summed E-state index contributed by atoms with van der Waals surface area (Å²) in [6, 6.07) is 19.2. The fourth-order valence-electron chi connectivity index (χ4n) is 2.48. The Morgan fingerprint density at radius 2 is 1.77 bits per heavy atom. The largest absolute Gasteiger partial charge is 0.475 e. The fraction of sp³-hybridized carbons (Fsp3) is 0.190. The molecule has 0 aliphatic rings. The molecular formula is C21H21N3O2. The average Bonchev–Trinajstić information content (AvgIpc) is 2.66. The number of ether oxygens (including phenoxy) is 1. The minimum Gasteiger partial charge on any atom is -0.475 e. The third-order valence-corrected chi connectivity index (χ3v) is 3.91. The summed E-state index contributed by atoms with van der Waals surface area (Å²) in [5, 5.41) is 11.1. The number of aryl methyl sites for hydroxylation is 2. The number of amides is 1. The van der Waals surface area contributed by atoms with Crippen LogP contribution in [0.4, 0.5) is 0 Å². The summed E-state index contributed by atoms with van der Waals surface area (Å²) in [5.41, 5.74) is 4.71. The van der Waals surface area contributed by atoms with Crippen molar-refractivity contribution in [2.45, 2.75) is 13.8 Å². The second-order valence-electron chi connectivity index (χ2n) is 6.10. The molecule has 0 saturated heterocycles. The highest BCUT2D eigenvalue weighted by molar-refractivity contribution is 5.94. The van der Waals surface area contributed by atoms with Gasteiger partial charge in [0.05, 0.1) is 12.2 Å². The van der Waals surface area contributed by atoms with E-state index in [1.807, 2.05) is 62.4 Å². The highest BCUT2D eigenvalue weighted by Gasteiger charge is 2.05. The van der Waals surface area contributed by atoms with Gasteiger partial charge in [0.25, 0.3) is 5.91 Å². The summed E-state index contributed by atoms with van der Waals surface area (Å²) in [6.07, 6.45) is 0. The van der Waals surface area contributed by atoms with Gasteiger partial charge in [-0.25, -0.2) is 0 Å². The van der Waals surface area contributed by atoms with Crippen LogP contribution in [0.25, 0.3) is 11.3 Å². The van der Waals surface area contributed by atoms with E-state index in [0.29, 0.717) is 24.6 Å². The van der Waals surface area contributed by atoms with Crippen molar-refractivity contribution >= 4 is 5.91 Å². The first-order chi connectivity index (χ1) is 12.6. The zero-order valence-electron chi connectivity index (χ0n) is 14.9. The van der Waals surface area contributed by atoms with E-state index in [4.69, 9.17) is 4.74 Å². The minimum absolute atomic E-state index is 0.113. The molecule has 5 heteroatoms. The third kappa shape index (κ3) is 4.66. The SMILES string of the molecule is Cc1ccc(-c2ccc(OCCNC(=O)c3cccc(C)c3)nn2)cc1. The lowest BCUT2D eigenvalue weighted by atomic mass is 10.1. The quantitative estimate of drug-likeness (QED) is 0.693. The number of aromatic nitrogens is 2.